The van der Waals surface area contributed by atoms with E-state index in [4.69, 9.17) is 4.84 Å². The maximum absolute atomic E-state index is 4.98. The first kappa shape index (κ1) is 9.30. The highest BCUT2D eigenvalue weighted by atomic mass is 16.6. The van der Waals surface area contributed by atoms with Crippen LogP contribution in [0.3, 0.4) is 0 Å². The van der Waals surface area contributed by atoms with Crippen molar-refractivity contribution in [1.82, 2.24) is 0 Å². The Morgan fingerprint density at radius 3 is 2.92 bits per heavy atom. The standard InChI is InChI=1S/C10H16NO/c1-2-3-8-12-11-9-10-6-4-5-7-10/h2,10H,1,3-8H2. The van der Waals surface area contributed by atoms with Crippen molar-refractivity contribution in [1.29, 1.82) is 0 Å². The molecule has 0 atom stereocenters. The van der Waals surface area contributed by atoms with Gasteiger partial charge in [-0.2, -0.15) is 0 Å². The molecule has 0 aliphatic heterocycles. The van der Waals surface area contributed by atoms with Crippen molar-refractivity contribution in [3.8, 4) is 0 Å². The maximum atomic E-state index is 4.98. The highest BCUT2D eigenvalue weighted by Crippen LogP contribution is 2.22. The Kier molecular flexibility index (Phi) is 4.50. The van der Waals surface area contributed by atoms with E-state index in [1.165, 1.54) is 25.7 Å². The third kappa shape index (κ3) is 3.56. The molecule has 2 nitrogen and oxygen atoms in total. The molecular formula is C10H16NO. The van der Waals surface area contributed by atoms with E-state index in [1.54, 1.807) is 0 Å². The molecule has 2 heteroatoms. The fourth-order valence-electron chi connectivity index (χ4n) is 1.35. The molecule has 1 radical (unpaired) electrons. The molecule has 0 aromatic heterocycles. The van der Waals surface area contributed by atoms with E-state index < -0.39 is 0 Å². The summed E-state index contributed by atoms with van der Waals surface area (Å²) in [5, 5.41) is 3.79. The van der Waals surface area contributed by atoms with Crippen LogP contribution in [0.5, 0.6) is 0 Å². The molecular weight excluding hydrogens is 150 g/mol. The van der Waals surface area contributed by atoms with Gasteiger partial charge in [0.15, 0.2) is 0 Å². The second-order valence-corrected chi connectivity index (χ2v) is 3.11. The van der Waals surface area contributed by atoms with E-state index in [2.05, 4.69) is 17.9 Å². The van der Waals surface area contributed by atoms with Crippen LogP contribution in [0, 0.1) is 5.92 Å². The number of rotatable bonds is 5. The monoisotopic (exact) mass is 166 g/mol. The van der Waals surface area contributed by atoms with Gasteiger partial charge in [0.1, 0.15) is 12.8 Å². The average Bonchev–Trinajstić information content (AvgIpc) is 2.57. The van der Waals surface area contributed by atoms with Crippen LogP contribution < -0.4 is 0 Å². The summed E-state index contributed by atoms with van der Waals surface area (Å²) in [5.74, 6) is 0.550. The highest BCUT2D eigenvalue weighted by Gasteiger charge is 2.12. The lowest BCUT2D eigenvalue weighted by Gasteiger charge is -1.98. The van der Waals surface area contributed by atoms with E-state index in [9.17, 15) is 0 Å². The SMILES string of the molecule is C=CCCO/N=[C]/C1CCCC1. The molecule has 0 bridgehead atoms. The van der Waals surface area contributed by atoms with Crippen molar-refractivity contribution in [3.63, 3.8) is 0 Å². The van der Waals surface area contributed by atoms with E-state index in [1.807, 2.05) is 6.08 Å². The number of nitrogens with zero attached hydrogens (tertiary/aromatic N) is 1. The molecule has 0 amide bonds. The van der Waals surface area contributed by atoms with Gasteiger partial charge in [-0.3, -0.25) is 0 Å². The predicted molar refractivity (Wildman–Crippen MR) is 50.2 cm³/mol. The molecule has 0 heterocycles. The van der Waals surface area contributed by atoms with Gasteiger partial charge in [0.25, 0.3) is 0 Å². The summed E-state index contributed by atoms with van der Waals surface area (Å²) in [4.78, 5) is 4.98. The third-order valence-corrected chi connectivity index (χ3v) is 2.07. The van der Waals surface area contributed by atoms with Crippen molar-refractivity contribution >= 4 is 6.21 Å². The largest absolute Gasteiger partial charge is 0.395 e. The Balaban J connectivity index is 2.00. The van der Waals surface area contributed by atoms with Gasteiger partial charge in [0.2, 0.25) is 0 Å². The van der Waals surface area contributed by atoms with E-state index >= 15 is 0 Å². The fraction of sp³-hybridized carbons (Fsp3) is 0.700. The molecule has 1 saturated carbocycles. The molecule has 0 N–H and O–H groups in total. The van der Waals surface area contributed by atoms with Crippen molar-refractivity contribution in [3.05, 3.63) is 12.7 Å². The summed E-state index contributed by atoms with van der Waals surface area (Å²) in [6.07, 6.45) is 10.8. The average molecular weight is 166 g/mol. The van der Waals surface area contributed by atoms with Gasteiger partial charge in [-0.1, -0.05) is 24.1 Å². The molecule has 0 aromatic carbocycles. The summed E-state index contributed by atoms with van der Waals surface area (Å²) < 4.78 is 0. The molecule has 67 valence electrons. The van der Waals surface area contributed by atoms with Gasteiger partial charge < -0.3 is 4.84 Å². The molecule has 0 aromatic rings. The number of hydrogen-bond acceptors (Lipinski definition) is 2. The molecule has 1 aliphatic carbocycles. The molecule has 0 spiro atoms. The second kappa shape index (κ2) is 5.81. The summed E-state index contributed by atoms with van der Waals surface area (Å²) in [6, 6.07) is 0. The molecule has 0 saturated heterocycles. The Hall–Kier alpha value is -0.790. The van der Waals surface area contributed by atoms with Crippen LogP contribution >= 0.6 is 0 Å². The van der Waals surface area contributed by atoms with Crippen LogP contribution in [0.1, 0.15) is 32.1 Å². The molecule has 0 unspecified atom stereocenters. The van der Waals surface area contributed by atoms with Gasteiger partial charge in [-0.05, 0) is 12.8 Å². The van der Waals surface area contributed by atoms with Crippen LogP contribution in [-0.4, -0.2) is 12.8 Å². The normalized spacial score (nSPS) is 18.7. The Labute approximate surface area is 74.3 Å². The Morgan fingerprint density at radius 2 is 2.25 bits per heavy atom. The van der Waals surface area contributed by atoms with Crippen LogP contribution in [0.4, 0.5) is 0 Å². The smallest absolute Gasteiger partial charge is 0.120 e. The summed E-state index contributed by atoms with van der Waals surface area (Å²) in [5.41, 5.74) is 0. The van der Waals surface area contributed by atoms with Crippen LogP contribution in [-0.2, 0) is 4.84 Å². The van der Waals surface area contributed by atoms with Crippen LogP contribution in [0.25, 0.3) is 0 Å². The van der Waals surface area contributed by atoms with Gasteiger partial charge in [-0.15, -0.1) is 6.58 Å². The minimum Gasteiger partial charge on any atom is -0.395 e. The lowest BCUT2D eigenvalue weighted by Crippen LogP contribution is -1.95. The second-order valence-electron chi connectivity index (χ2n) is 3.11. The van der Waals surface area contributed by atoms with Gasteiger partial charge in [0.05, 0.1) is 0 Å². The first-order valence-corrected chi connectivity index (χ1v) is 4.62. The fourth-order valence-corrected chi connectivity index (χ4v) is 1.35. The quantitative estimate of drug-likeness (QED) is 0.266. The zero-order chi connectivity index (χ0) is 8.65. The maximum Gasteiger partial charge on any atom is 0.120 e. The predicted octanol–water partition coefficient (Wildman–Crippen LogP) is 2.63. The van der Waals surface area contributed by atoms with Crippen LogP contribution in [0.2, 0.25) is 0 Å². The van der Waals surface area contributed by atoms with E-state index in [-0.39, 0.29) is 0 Å². The van der Waals surface area contributed by atoms with E-state index in [0.29, 0.717) is 12.5 Å². The lowest BCUT2D eigenvalue weighted by atomic mass is 10.1. The van der Waals surface area contributed by atoms with Crippen molar-refractivity contribution < 1.29 is 4.84 Å². The van der Waals surface area contributed by atoms with Gasteiger partial charge in [-0.25, -0.2) is 0 Å². The van der Waals surface area contributed by atoms with Crippen molar-refractivity contribution in [2.45, 2.75) is 32.1 Å². The minimum absolute atomic E-state index is 0.550. The molecule has 1 fully saturated rings. The van der Waals surface area contributed by atoms with Gasteiger partial charge in [0, 0.05) is 12.3 Å². The first-order chi connectivity index (χ1) is 5.93. The van der Waals surface area contributed by atoms with Crippen molar-refractivity contribution in [2.24, 2.45) is 11.1 Å². The summed E-state index contributed by atoms with van der Waals surface area (Å²) >= 11 is 0. The Morgan fingerprint density at radius 1 is 1.50 bits per heavy atom. The third-order valence-electron chi connectivity index (χ3n) is 2.07. The Bertz CT molecular complexity index is 148. The topological polar surface area (TPSA) is 21.6 Å². The molecule has 1 aliphatic rings. The van der Waals surface area contributed by atoms with E-state index in [0.717, 1.165) is 6.42 Å². The van der Waals surface area contributed by atoms with Crippen molar-refractivity contribution in [2.75, 3.05) is 6.61 Å². The highest BCUT2D eigenvalue weighted by molar-refractivity contribution is 5.60. The number of hydrogen-bond donors (Lipinski definition) is 0. The van der Waals surface area contributed by atoms with Crippen LogP contribution in [0.15, 0.2) is 17.8 Å². The lowest BCUT2D eigenvalue weighted by molar-refractivity contribution is 0.149. The zero-order valence-electron chi connectivity index (χ0n) is 7.46. The minimum atomic E-state index is 0.550. The molecule has 12 heavy (non-hydrogen) atoms. The summed E-state index contributed by atoms with van der Waals surface area (Å²) in [7, 11) is 0. The molecule has 1 rings (SSSR count). The zero-order valence-corrected chi connectivity index (χ0v) is 7.46. The van der Waals surface area contributed by atoms with Gasteiger partial charge >= 0.3 is 0 Å². The summed E-state index contributed by atoms with van der Waals surface area (Å²) in [6.45, 7) is 4.22. The first-order valence-electron chi connectivity index (χ1n) is 4.62.